The van der Waals surface area contributed by atoms with Crippen molar-refractivity contribution >= 4 is 17.6 Å². The van der Waals surface area contributed by atoms with Crippen LogP contribution in [-0.4, -0.2) is 144 Å². The highest BCUT2D eigenvalue weighted by Gasteiger charge is 2.15. The molecule has 1 aromatic heterocycles. The zero-order valence-electron chi connectivity index (χ0n) is 28.1. The van der Waals surface area contributed by atoms with E-state index in [1.807, 2.05) is 12.1 Å². The Morgan fingerprint density at radius 3 is 1.53 bits per heavy atom. The third-order valence-corrected chi connectivity index (χ3v) is 5.97. The zero-order chi connectivity index (χ0) is 35.8. The number of phenolic OH excluding ortho intramolecular Hbond substituents is 1. The van der Waals surface area contributed by atoms with E-state index >= 15 is 0 Å². The zero-order valence-corrected chi connectivity index (χ0v) is 28.1. The number of aromatic amines is 1. The van der Waals surface area contributed by atoms with Gasteiger partial charge in [-0.25, -0.2) is 0 Å². The number of primary amides is 1. The van der Waals surface area contributed by atoms with Gasteiger partial charge in [0.25, 0.3) is 5.91 Å². The fraction of sp³-hybridized carbons (Fsp3) is 0.645. The summed E-state index contributed by atoms with van der Waals surface area (Å²) >= 11 is 0. The third kappa shape index (κ3) is 25.9. The minimum atomic E-state index is -0.664. The summed E-state index contributed by atoms with van der Waals surface area (Å²) in [4.78, 5) is 32.2. The third-order valence-electron chi connectivity index (χ3n) is 5.97. The highest BCUT2D eigenvalue weighted by molar-refractivity contribution is 5.92. The Hall–Kier alpha value is -3.75. The van der Waals surface area contributed by atoms with Crippen LogP contribution in [0.5, 0.6) is 5.75 Å². The molecular formula is C31H51N5O13. The van der Waals surface area contributed by atoms with Gasteiger partial charge in [-0.05, 0) is 29.0 Å². The quantitative estimate of drug-likeness (QED) is 0.0505. The minimum Gasteiger partial charge on any atom is -0.508 e. The highest BCUT2D eigenvalue weighted by atomic mass is 16.6. The van der Waals surface area contributed by atoms with Crippen molar-refractivity contribution in [1.29, 1.82) is 0 Å². The van der Waals surface area contributed by atoms with Crippen molar-refractivity contribution in [2.45, 2.75) is 19.8 Å². The molecule has 18 nitrogen and oxygen atoms in total. The molecule has 2 rings (SSSR count). The SMILES string of the molecule is CCc1ccc(O)cc1.NC(=O)CCOCCOCCOCCOCCOCCOCCOCCOCCNC(=O)c1cc([N+](=O)[O-])[nH]n1. The normalized spacial score (nSPS) is 10.8. The van der Waals surface area contributed by atoms with Crippen molar-refractivity contribution < 1.29 is 57.5 Å². The molecule has 5 N–H and O–H groups in total. The summed E-state index contributed by atoms with van der Waals surface area (Å²) in [6.07, 6.45) is 1.24. The molecule has 0 spiro atoms. The summed E-state index contributed by atoms with van der Waals surface area (Å²) in [7, 11) is 0. The topological polar surface area (TPSA) is 238 Å². The number of nitro groups is 1. The number of nitrogens with one attached hydrogen (secondary N) is 2. The van der Waals surface area contributed by atoms with Crippen LogP contribution in [0.3, 0.4) is 0 Å². The largest absolute Gasteiger partial charge is 0.508 e. The average Bonchev–Trinajstić information content (AvgIpc) is 3.60. The lowest BCUT2D eigenvalue weighted by Crippen LogP contribution is -2.28. The number of aromatic hydroxyl groups is 1. The van der Waals surface area contributed by atoms with Crippen molar-refractivity contribution in [3.63, 3.8) is 0 Å². The molecule has 0 aliphatic rings. The molecule has 0 saturated carbocycles. The second-order valence-electron chi connectivity index (χ2n) is 9.79. The summed E-state index contributed by atoms with van der Waals surface area (Å²) in [5, 5.41) is 27.7. The van der Waals surface area contributed by atoms with Gasteiger partial charge in [0.1, 0.15) is 5.75 Å². The lowest BCUT2D eigenvalue weighted by molar-refractivity contribution is -0.389. The first-order valence-electron chi connectivity index (χ1n) is 16.0. The number of carbonyl (C=O) groups is 2. The van der Waals surface area contributed by atoms with Crippen LogP contribution in [0, 0.1) is 10.1 Å². The highest BCUT2D eigenvalue weighted by Crippen LogP contribution is 2.09. The number of benzene rings is 1. The molecule has 2 amide bonds. The molecule has 2 aromatic rings. The van der Waals surface area contributed by atoms with Crippen molar-refractivity contribution in [2.75, 3.05) is 112 Å². The Bertz CT molecular complexity index is 1120. The second kappa shape index (κ2) is 30.3. The van der Waals surface area contributed by atoms with Crippen LogP contribution in [0.15, 0.2) is 30.3 Å². The van der Waals surface area contributed by atoms with E-state index in [-0.39, 0.29) is 37.0 Å². The van der Waals surface area contributed by atoms with Gasteiger partial charge < -0.3 is 64.2 Å². The van der Waals surface area contributed by atoms with Gasteiger partial charge in [0, 0.05) is 13.0 Å². The molecule has 278 valence electrons. The van der Waals surface area contributed by atoms with E-state index < -0.39 is 10.8 Å². The van der Waals surface area contributed by atoms with Gasteiger partial charge in [0.2, 0.25) is 5.91 Å². The minimum absolute atomic E-state index is 0.0615. The van der Waals surface area contributed by atoms with Crippen LogP contribution in [0.1, 0.15) is 29.4 Å². The fourth-order valence-corrected chi connectivity index (χ4v) is 3.39. The second-order valence-corrected chi connectivity index (χ2v) is 9.79. The molecule has 0 aliphatic heterocycles. The number of hydrogen-bond donors (Lipinski definition) is 4. The van der Waals surface area contributed by atoms with Crippen molar-refractivity contribution in [1.82, 2.24) is 15.5 Å². The molecular weight excluding hydrogens is 650 g/mol. The Balaban J connectivity index is 0.00000114. The number of aromatic nitrogens is 2. The van der Waals surface area contributed by atoms with E-state index in [1.54, 1.807) is 12.1 Å². The molecule has 0 saturated heterocycles. The molecule has 0 atom stereocenters. The van der Waals surface area contributed by atoms with E-state index in [9.17, 15) is 19.7 Å². The summed E-state index contributed by atoms with van der Waals surface area (Å²) < 4.78 is 42.8. The van der Waals surface area contributed by atoms with Gasteiger partial charge in [-0.2, -0.15) is 0 Å². The van der Waals surface area contributed by atoms with Crippen molar-refractivity contribution in [3.8, 4) is 5.75 Å². The number of H-pyrrole nitrogens is 1. The number of phenols is 1. The summed E-state index contributed by atoms with van der Waals surface area (Å²) in [5.41, 5.74) is 6.20. The molecule has 0 bridgehead atoms. The van der Waals surface area contributed by atoms with E-state index in [0.717, 1.165) is 12.5 Å². The number of amides is 2. The molecule has 1 aromatic carbocycles. The number of rotatable bonds is 30. The van der Waals surface area contributed by atoms with Crippen LogP contribution in [0.25, 0.3) is 0 Å². The number of ether oxygens (including phenoxy) is 8. The number of hydrogen-bond acceptors (Lipinski definition) is 14. The van der Waals surface area contributed by atoms with Gasteiger partial charge in [-0.15, -0.1) is 5.10 Å². The van der Waals surface area contributed by atoms with Crippen molar-refractivity contribution in [3.05, 3.63) is 51.7 Å². The summed E-state index contributed by atoms with van der Waals surface area (Å²) in [5.74, 6) is -0.923. The van der Waals surface area contributed by atoms with Gasteiger partial charge in [0.15, 0.2) is 5.69 Å². The van der Waals surface area contributed by atoms with Crippen LogP contribution >= 0.6 is 0 Å². The first kappa shape index (κ1) is 43.3. The lowest BCUT2D eigenvalue weighted by atomic mass is 10.2. The molecule has 49 heavy (non-hydrogen) atoms. The van der Waals surface area contributed by atoms with E-state index in [2.05, 4.69) is 22.4 Å². The van der Waals surface area contributed by atoms with Crippen LogP contribution in [0.4, 0.5) is 5.82 Å². The Kier molecular flexibility index (Phi) is 26.8. The average molecular weight is 702 g/mol. The van der Waals surface area contributed by atoms with Gasteiger partial charge >= 0.3 is 5.82 Å². The first-order chi connectivity index (χ1) is 23.8. The van der Waals surface area contributed by atoms with E-state index in [1.165, 1.54) is 5.56 Å². The molecule has 18 heteroatoms. The van der Waals surface area contributed by atoms with E-state index in [4.69, 9.17) is 48.7 Å². The first-order valence-corrected chi connectivity index (χ1v) is 16.0. The maximum Gasteiger partial charge on any atom is 0.343 e. The standard InChI is InChI=1S/C23H41N5O12.C8H10O/c24-21(29)1-3-33-5-7-35-9-11-37-13-15-39-17-18-40-16-14-38-12-10-36-8-6-34-4-2-25-23(30)20-19-22(27-26-20)28(31)32;1-2-7-3-5-8(9)6-4-7/h19H,1-18H2,(H2,24,29)(H,25,30)(H,26,27);3-6,9H,2H2,1H3. The van der Waals surface area contributed by atoms with Gasteiger partial charge in [-0.3, -0.25) is 9.59 Å². The summed E-state index contributed by atoms with van der Waals surface area (Å²) in [6.45, 7) is 8.93. The molecule has 0 aliphatic carbocycles. The molecule has 0 fully saturated rings. The van der Waals surface area contributed by atoms with Gasteiger partial charge in [-0.1, -0.05) is 24.2 Å². The molecule has 0 radical (unpaired) electrons. The van der Waals surface area contributed by atoms with Crippen LogP contribution in [-0.2, 0) is 49.1 Å². The number of nitrogens with two attached hydrogens (primary N) is 1. The lowest BCUT2D eigenvalue weighted by Gasteiger charge is -2.08. The smallest absolute Gasteiger partial charge is 0.343 e. The number of carbonyl (C=O) groups excluding carboxylic acids is 2. The van der Waals surface area contributed by atoms with Crippen LogP contribution in [0.2, 0.25) is 0 Å². The Labute approximate surface area is 285 Å². The predicted octanol–water partition coefficient (Wildman–Crippen LogP) is 1.01. The molecule has 1 heterocycles. The Morgan fingerprint density at radius 1 is 0.755 bits per heavy atom. The van der Waals surface area contributed by atoms with E-state index in [0.29, 0.717) is 105 Å². The number of aryl methyl sites for hydroxylation is 1. The van der Waals surface area contributed by atoms with Gasteiger partial charge in [0.05, 0.1) is 112 Å². The fourth-order valence-electron chi connectivity index (χ4n) is 3.39. The maximum absolute atomic E-state index is 11.8. The molecule has 0 unspecified atom stereocenters. The maximum atomic E-state index is 11.8. The predicted molar refractivity (Wildman–Crippen MR) is 175 cm³/mol. The van der Waals surface area contributed by atoms with Crippen molar-refractivity contribution in [2.24, 2.45) is 5.73 Å². The monoisotopic (exact) mass is 701 g/mol. The Morgan fingerprint density at radius 2 is 1.16 bits per heavy atom. The number of nitrogens with zero attached hydrogens (tertiary/aromatic N) is 2. The summed E-state index contributed by atoms with van der Waals surface area (Å²) in [6, 6.07) is 8.33. The van der Waals surface area contributed by atoms with Crippen LogP contribution < -0.4 is 11.1 Å².